The highest BCUT2D eigenvalue weighted by atomic mass is 35.5. The summed E-state index contributed by atoms with van der Waals surface area (Å²) in [5.41, 5.74) is 0.881. The largest absolute Gasteiger partial charge is 0.263 e. The molecule has 1 atom stereocenters. The summed E-state index contributed by atoms with van der Waals surface area (Å²) < 4.78 is 27.0. The van der Waals surface area contributed by atoms with Crippen LogP contribution in [0.2, 0.25) is 5.02 Å². The molecule has 0 bridgehead atoms. The lowest BCUT2D eigenvalue weighted by molar-refractivity contribution is 0.566. The van der Waals surface area contributed by atoms with E-state index in [0.717, 1.165) is 5.56 Å². The van der Waals surface area contributed by atoms with Gasteiger partial charge in [-0.1, -0.05) is 41.9 Å². The monoisotopic (exact) mass is 296 g/mol. The highest BCUT2D eigenvalue weighted by Gasteiger charge is 2.21. The van der Waals surface area contributed by atoms with Crippen LogP contribution in [-0.2, 0) is 10.0 Å². The summed E-state index contributed by atoms with van der Waals surface area (Å²) in [7, 11) is -3.68. The van der Waals surface area contributed by atoms with Crippen molar-refractivity contribution in [1.29, 1.82) is 0 Å². The highest BCUT2D eigenvalue weighted by molar-refractivity contribution is 7.89. The molecule has 1 heterocycles. The van der Waals surface area contributed by atoms with Crippen molar-refractivity contribution >= 4 is 21.6 Å². The van der Waals surface area contributed by atoms with Crippen LogP contribution in [0.4, 0.5) is 0 Å². The molecule has 0 aliphatic carbocycles. The highest BCUT2D eigenvalue weighted by Crippen LogP contribution is 2.21. The fraction of sp³-hybridized carbons (Fsp3) is 0.154. The van der Waals surface area contributed by atoms with Gasteiger partial charge in [-0.25, -0.2) is 13.1 Å². The number of aromatic nitrogens is 1. The van der Waals surface area contributed by atoms with Crippen molar-refractivity contribution in [3.05, 3.63) is 59.4 Å². The molecule has 0 radical (unpaired) electrons. The zero-order valence-electron chi connectivity index (χ0n) is 10.2. The molecule has 1 aromatic carbocycles. The molecule has 0 aliphatic rings. The SMILES string of the molecule is CC(NS(=O)(=O)c1cnccc1Cl)c1ccccc1. The standard InChI is InChI=1S/C13H13ClN2O2S/c1-10(11-5-3-2-4-6-11)16-19(17,18)13-9-15-8-7-12(13)14/h2-10,16H,1H3. The Labute approximate surface area is 117 Å². The lowest BCUT2D eigenvalue weighted by Crippen LogP contribution is -2.27. The normalized spacial score (nSPS) is 13.2. The molecule has 1 aromatic heterocycles. The first kappa shape index (κ1) is 14.0. The van der Waals surface area contributed by atoms with Crippen LogP contribution in [-0.4, -0.2) is 13.4 Å². The van der Waals surface area contributed by atoms with E-state index in [1.807, 2.05) is 30.3 Å². The number of hydrogen-bond donors (Lipinski definition) is 1. The summed E-state index contributed by atoms with van der Waals surface area (Å²) >= 11 is 5.88. The summed E-state index contributed by atoms with van der Waals surface area (Å²) in [6.45, 7) is 1.77. The molecule has 0 saturated heterocycles. The van der Waals surface area contributed by atoms with Crippen LogP contribution in [0, 0.1) is 0 Å². The van der Waals surface area contributed by atoms with E-state index in [4.69, 9.17) is 11.6 Å². The van der Waals surface area contributed by atoms with E-state index in [2.05, 4.69) is 9.71 Å². The molecule has 0 amide bonds. The van der Waals surface area contributed by atoms with Gasteiger partial charge < -0.3 is 0 Å². The first-order chi connectivity index (χ1) is 9.00. The van der Waals surface area contributed by atoms with E-state index in [0.29, 0.717) is 0 Å². The summed E-state index contributed by atoms with van der Waals surface area (Å²) in [5, 5.41) is 0.155. The molecule has 0 spiro atoms. The van der Waals surface area contributed by atoms with Gasteiger partial charge >= 0.3 is 0 Å². The summed E-state index contributed by atoms with van der Waals surface area (Å²) in [6, 6.07) is 10.4. The maximum Gasteiger partial charge on any atom is 0.244 e. The molecule has 1 N–H and O–H groups in total. The van der Waals surface area contributed by atoms with Gasteiger partial charge in [0.1, 0.15) is 4.90 Å². The number of nitrogens with one attached hydrogen (secondary N) is 1. The molecular formula is C13H13ClN2O2S. The van der Waals surface area contributed by atoms with Gasteiger partial charge in [0, 0.05) is 18.4 Å². The van der Waals surface area contributed by atoms with Crippen LogP contribution in [0.25, 0.3) is 0 Å². The number of halogens is 1. The van der Waals surface area contributed by atoms with Crippen molar-refractivity contribution in [1.82, 2.24) is 9.71 Å². The maximum absolute atomic E-state index is 12.2. The Morgan fingerprint density at radius 2 is 1.89 bits per heavy atom. The first-order valence-corrected chi connectivity index (χ1v) is 7.53. The van der Waals surface area contributed by atoms with Crippen molar-refractivity contribution in [2.24, 2.45) is 0 Å². The minimum atomic E-state index is -3.68. The molecule has 2 rings (SSSR count). The lowest BCUT2D eigenvalue weighted by Gasteiger charge is -2.15. The minimum absolute atomic E-state index is 0.0144. The van der Waals surface area contributed by atoms with Crippen molar-refractivity contribution in [2.75, 3.05) is 0 Å². The Bertz CT molecular complexity index is 659. The average molecular weight is 297 g/mol. The van der Waals surface area contributed by atoms with Crippen molar-refractivity contribution < 1.29 is 8.42 Å². The van der Waals surface area contributed by atoms with E-state index in [1.54, 1.807) is 6.92 Å². The summed E-state index contributed by atoms with van der Waals surface area (Å²) in [5.74, 6) is 0. The Balaban J connectivity index is 2.26. The van der Waals surface area contributed by atoms with Gasteiger partial charge in [-0.2, -0.15) is 0 Å². The zero-order valence-corrected chi connectivity index (χ0v) is 11.8. The predicted octanol–water partition coefficient (Wildman–Crippen LogP) is 2.77. The molecule has 1 unspecified atom stereocenters. The molecule has 6 heteroatoms. The van der Waals surface area contributed by atoms with E-state index < -0.39 is 10.0 Å². The van der Waals surface area contributed by atoms with E-state index in [1.165, 1.54) is 18.5 Å². The molecule has 2 aromatic rings. The van der Waals surface area contributed by atoms with Crippen LogP contribution in [0.1, 0.15) is 18.5 Å². The minimum Gasteiger partial charge on any atom is -0.263 e. The van der Waals surface area contributed by atoms with Crippen molar-refractivity contribution in [3.8, 4) is 0 Å². The van der Waals surface area contributed by atoms with Gasteiger partial charge in [-0.05, 0) is 18.6 Å². The molecule has 19 heavy (non-hydrogen) atoms. The number of rotatable bonds is 4. The number of hydrogen-bond acceptors (Lipinski definition) is 3. The van der Waals surface area contributed by atoms with Gasteiger partial charge in [0.2, 0.25) is 10.0 Å². The van der Waals surface area contributed by atoms with Crippen molar-refractivity contribution in [3.63, 3.8) is 0 Å². The van der Waals surface area contributed by atoms with Crippen LogP contribution in [0.3, 0.4) is 0 Å². The lowest BCUT2D eigenvalue weighted by atomic mass is 10.1. The Kier molecular flexibility index (Phi) is 4.19. The number of nitrogens with zero attached hydrogens (tertiary/aromatic N) is 1. The van der Waals surface area contributed by atoms with Crippen LogP contribution in [0.15, 0.2) is 53.7 Å². The zero-order chi connectivity index (χ0) is 13.9. The quantitative estimate of drug-likeness (QED) is 0.944. The van der Waals surface area contributed by atoms with Crippen LogP contribution in [0.5, 0.6) is 0 Å². The van der Waals surface area contributed by atoms with E-state index >= 15 is 0 Å². The van der Waals surface area contributed by atoms with Crippen molar-refractivity contribution in [2.45, 2.75) is 17.9 Å². The molecule has 0 saturated carbocycles. The van der Waals surface area contributed by atoms with Gasteiger partial charge in [-0.3, -0.25) is 4.98 Å². The first-order valence-electron chi connectivity index (χ1n) is 5.67. The predicted molar refractivity (Wildman–Crippen MR) is 74.4 cm³/mol. The second-order valence-electron chi connectivity index (χ2n) is 4.06. The van der Waals surface area contributed by atoms with Gasteiger partial charge in [0.15, 0.2) is 0 Å². The van der Waals surface area contributed by atoms with Gasteiger partial charge in [0.25, 0.3) is 0 Å². The van der Waals surface area contributed by atoms with Crippen LogP contribution >= 0.6 is 11.6 Å². The van der Waals surface area contributed by atoms with Crippen LogP contribution < -0.4 is 4.72 Å². The Hall–Kier alpha value is -1.43. The second-order valence-corrected chi connectivity index (χ2v) is 6.15. The second kappa shape index (κ2) is 5.69. The third-order valence-corrected chi connectivity index (χ3v) is 4.66. The Morgan fingerprint density at radius 1 is 1.21 bits per heavy atom. The summed E-state index contributed by atoms with van der Waals surface area (Å²) in [6.07, 6.45) is 2.68. The van der Waals surface area contributed by atoms with E-state index in [9.17, 15) is 8.42 Å². The average Bonchev–Trinajstić information content (AvgIpc) is 2.39. The number of benzene rings is 1. The molecule has 0 fully saturated rings. The molecule has 0 aliphatic heterocycles. The topological polar surface area (TPSA) is 59.1 Å². The fourth-order valence-corrected chi connectivity index (χ4v) is 3.33. The van der Waals surface area contributed by atoms with Gasteiger partial charge in [-0.15, -0.1) is 0 Å². The molecular weight excluding hydrogens is 284 g/mol. The number of sulfonamides is 1. The van der Waals surface area contributed by atoms with E-state index in [-0.39, 0.29) is 16.0 Å². The Morgan fingerprint density at radius 3 is 2.53 bits per heavy atom. The summed E-state index contributed by atoms with van der Waals surface area (Å²) in [4.78, 5) is 3.77. The fourth-order valence-electron chi connectivity index (χ4n) is 1.67. The number of pyridine rings is 1. The third kappa shape index (κ3) is 3.32. The van der Waals surface area contributed by atoms with Gasteiger partial charge in [0.05, 0.1) is 5.02 Å². The maximum atomic E-state index is 12.2. The third-order valence-electron chi connectivity index (χ3n) is 2.66. The smallest absolute Gasteiger partial charge is 0.244 e. The molecule has 100 valence electrons. The molecule has 4 nitrogen and oxygen atoms in total.